The highest BCUT2D eigenvalue weighted by molar-refractivity contribution is 5.77. The zero-order valence-corrected chi connectivity index (χ0v) is 13.3. The first-order valence-corrected chi connectivity index (χ1v) is 7.96. The number of piperidine rings is 1. The van der Waals surface area contributed by atoms with Gasteiger partial charge in [0.25, 0.3) is 0 Å². The van der Waals surface area contributed by atoms with Crippen LogP contribution in [-0.4, -0.2) is 46.3 Å². The predicted molar refractivity (Wildman–Crippen MR) is 81.1 cm³/mol. The smallest absolute Gasteiger partial charge is 0.342 e. The maximum Gasteiger partial charge on any atom is 0.522 e. The largest absolute Gasteiger partial charge is 0.522 e. The normalized spacial score (nSPS) is 16.6. The molecule has 1 saturated heterocycles. The minimum absolute atomic E-state index is 0.142. The molecule has 1 aliphatic heterocycles. The van der Waals surface area contributed by atoms with Gasteiger partial charge in [-0.1, -0.05) is 0 Å². The van der Waals surface area contributed by atoms with Crippen molar-refractivity contribution in [2.75, 3.05) is 13.1 Å². The number of nitrogens with one attached hydrogen (secondary N) is 1. The van der Waals surface area contributed by atoms with Crippen molar-refractivity contribution >= 4 is 16.9 Å². The molecule has 1 fully saturated rings. The van der Waals surface area contributed by atoms with Crippen LogP contribution in [0.15, 0.2) is 18.2 Å². The van der Waals surface area contributed by atoms with Crippen molar-refractivity contribution in [3.8, 4) is 0 Å². The van der Waals surface area contributed by atoms with Crippen LogP contribution in [0.2, 0.25) is 0 Å². The molecule has 0 atom stereocenters. The van der Waals surface area contributed by atoms with Crippen molar-refractivity contribution in [2.45, 2.75) is 38.1 Å². The van der Waals surface area contributed by atoms with E-state index < -0.39 is 12.5 Å². The van der Waals surface area contributed by atoms with Crippen LogP contribution in [0.4, 0.5) is 17.6 Å². The van der Waals surface area contributed by atoms with Gasteiger partial charge in [0.1, 0.15) is 11.6 Å². The second-order valence-electron chi connectivity index (χ2n) is 5.99. The minimum Gasteiger partial charge on any atom is -0.342 e. The van der Waals surface area contributed by atoms with Crippen molar-refractivity contribution in [3.05, 3.63) is 29.8 Å². The van der Waals surface area contributed by atoms with Gasteiger partial charge in [0.15, 0.2) is 0 Å². The Morgan fingerprint density at radius 3 is 2.72 bits per heavy atom. The number of carbonyl (C=O) groups is 1. The number of hydrogen-bond donors (Lipinski definition) is 1. The lowest BCUT2D eigenvalue weighted by Crippen LogP contribution is -2.42. The number of rotatable bonds is 4. The van der Waals surface area contributed by atoms with Gasteiger partial charge in [-0.3, -0.25) is 9.53 Å². The van der Waals surface area contributed by atoms with E-state index in [9.17, 15) is 22.4 Å². The molecule has 1 aromatic heterocycles. The lowest BCUT2D eigenvalue weighted by molar-refractivity contribution is -0.345. The Bertz CT molecular complexity index is 751. The number of likely N-dealkylation sites (tertiary alicyclic amines) is 1. The maximum atomic E-state index is 13.1. The number of aryl methyl sites for hydroxylation is 1. The van der Waals surface area contributed by atoms with Gasteiger partial charge >= 0.3 is 6.36 Å². The molecule has 2 aromatic rings. The molecule has 0 aliphatic carbocycles. The Kier molecular flexibility index (Phi) is 4.94. The minimum atomic E-state index is -4.64. The van der Waals surface area contributed by atoms with Gasteiger partial charge in [-0.15, -0.1) is 13.2 Å². The molecule has 1 N–H and O–H groups in total. The molecule has 3 rings (SSSR count). The number of H-pyrrole nitrogens is 1. The molecule has 25 heavy (non-hydrogen) atoms. The molecular formula is C16H17F4N3O2. The first-order valence-electron chi connectivity index (χ1n) is 7.96. The molecule has 0 unspecified atom stereocenters. The Morgan fingerprint density at radius 1 is 1.32 bits per heavy atom. The molecule has 2 heterocycles. The Hall–Kier alpha value is -2.16. The molecule has 5 nitrogen and oxygen atoms in total. The third-order valence-corrected chi connectivity index (χ3v) is 4.16. The summed E-state index contributed by atoms with van der Waals surface area (Å²) in [5.41, 5.74) is 1.18. The summed E-state index contributed by atoms with van der Waals surface area (Å²) in [4.78, 5) is 21.0. The fraction of sp³-hybridized carbons (Fsp3) is 0.500. The van der Waals surface area contributed by atoms with E-state index in [2.05, 4.69) is 14.7 Å². The van der Waals surface area contributed by atoms with E-state index in [1.807, 2.05) is 0 Å². The zero-order chi connectivity index (χ0) is 18.0. The summed E-state index contributed by atoms with van der Waals surface area (Å²) in [6.07, 6.45) is -4.67. The Labute approximate surface area is 141 Å². The fourth-order valence-electron chi connectivity index (χ4n) is 2.95. The number of aromatic amines is 1. The summed E-state index contributed by atoms with van der Waals surface area (Å²) in [6.45, 7) is 0.482. The SMILES string of the molecule is O=C(CCc1nc2ccc(F)cc2[nH]1)N1CCC(OC(F)(F)F)CC1. The number of imidazole rings is 1. The number of fused-ring (bicyclic) bond motifs is 1. The summed E-state index contributed by atoms with van der Waals surface area (Å²) in [5.74, 6) is 0.0593. The fourth-order valence-corrected chi connectivity index (χ4v) is 2.95. The quantitative estimate of drug-likeness (QED) is 0.853. The second-order valence-corrected chi connectivity index (χ2v) is 5.99. The highest BCUT2D eigenvalue weighted by Gasteiger charge is 2.35. The van der Waals surface area contributed by atoms with Gasteiger partial charge < -0.3 is 9.88 Å². The summed E-state index contributed by atoms with van der Waals surface area (Å²) in [6, 6.07) is 4.20. The molecule has 0 spiro atoms. The maximum absolute atomic E-state index is 13.1. The van der Waals surface area contributed by atoms with Crippen molar-refractivity contribution in [3.63, 3.8) is 0 Å². The van der Waals surface area contributed by atoms with E-state index in [1.165, 1.54) is 12.1 Å². The summed E-state index contributed by atoms with van der Waals surface area (Å²) in [5, 5.41) is 0. The number of amides is 1. The second kappa shape index (κ2) is 6.99. The van der Waals surface area contributed by atoms with Gasteiger partial charge in [-0.25, -0.2) is 9.37 Å². The molecule has 1 aromatic carbocycles. The van der Waals surface area contributed by atoms with Crippen LogP contribution in [0.1, 0.15) is 25.1 Å². The summed E-state index contributed by atoms with van der Waals surface area (Å²) < 4.78 is 53.7. The van der Waals surface area contributed by atoms with E-state index in [0.717, 1.165) is 0 Å². The van der Waals surface area contributed by atoms with Gasteiger partial charge in [0.2, 0.25) is 5.91 Å². The van der Waals surface area contributed by atoms with E-state index >= 15 is 0 Å². The van der Waals surface area contributed by atoms with Crippen molar-refractivity contribution in [1.29, 1.82) is 0 Å². The summed E-state index contributed by atoms with van der Waals surface area (Å²) >= 11 is 0. The lowest BCUT2D eigenvalue weighted by atomic mass is 10.1. The highest BCUT2D eigenvalue weighted by Crippen LogP contribution is 2.24. The van der Waals surface area contributed by atoms with Crippen molar-refractivity contribution in [2.24, 2.45) is 0 Å². The molecule has 1 aliphatic rings. The van der Waals surface area contributed by atoms with Crippen molar-refractivity contribution in [1.82, 2.24) is 14.9 Å². The molecule has 0 radical (unpaired) electrons. The van der Waals surface area contributed by atoms with Gasteiger partial charge in [0, 0.05) is 25.9 Å². The number of hydrogen-bond acceptors (Lipinski definition) is 3. The third kappa shape index (κ3) is 4.68. The van der Waals surface area contributed by atoms with E-state index in [4.69, 9.17) is 0 Å². The lowest BCUT2D eigenvalue weighted by Gasteiger charge is -2.32. The average Bonchev–Trinajstić information content (AvgIpc) is 2.93. The van der Waals surface area contributed by atoms with Crippen LogP contribution in [-0.2, 0) is 16.0 Å². The predicted octanol–water partition coefficient (Wildman–Crippen LogP) is 3.16. The van der Waals surface area contributed by atoms with Crippen LogP contribution < -0.4 is 0 Å². The molecule has 0 saturated carbocycles. The number of aromatic nitrogens is 2. The monoisotopic (exact) mass is 359 g/mol. The van der Waals surface area contributed by atoms with Gasteiger partial charge in [0.05, 0.1) is 17.1 Å². The zero-order valence-electron chi connectivity index (χ0n) is 13.3. The Balaban J connectivity index is 1.49. The number of halogens is 4. The molecule has 9 heteroatoms. The van der Waals surface area contributed by atoms with E-state index in [0.29, 0.717) is 23.3 Å². The molecule has 0 bridgehead atoms. The van der Waals surface area contributed by atoms with Gasteiger partial charge in [-0.2, -0.15) is 0 Å². The Morgan fingerprint density at radius 2 is 2.04 bits per heavy atom. The van der Waals surface area contributed by atoms with Crippen molar-refractivity contribution < 1.29 is 27.1 Å². The van der Waals surface area contributed by atoms with Crippen LogP contribution >= 0.6 is 0 Å². The van der Waals surface area contributed by atoms with Crippen LogP contribution in [0, 0.1) is 5.82 Å². The van der Waals surface area contributed by atoms with Crippen LogP contribution in [0.3, 0.4) is 0 Å². The highest BCUT2D eigenvalue weighted by atomic mass is 19.4. The molecule has 1 amide bonds. The van der Waals surface area contributed by atoms with E-state index in [1.54, 1.807) is 11.0 Å². The first-order chi connectivity index (χ1) is 11.8. The number of benzene rings is 1. The van der Waals surface area contributed by atoms with Crippen LogP contribution in [0.5, 0.6) is 0 Å². The topological polar surface area (TPSA) is 58.2 Å². The van der Waals surface area contributed by atoms with Gasteiger partial charge in [-0.05, 0) is 31.0 Å². The van der Waals surface area contributed by atoms with E-state index in [-0.39, 0.29) is 44.1 Å². The molecular weight excluding hydrogens is 342 g/mol. The molecule has 136 valence electrons. The number of carbonyl (C=O) groups excluding carboxylic acids is 1. The third-order valence-electron chi connectivity index (χ3n) is 4.16. The number of nitrogens with zero attached hydrogens (tertiary/aromatic N) is 2. The number of alkyl halides is 3. The summed E-state index contributed by atoms with van der Waals surface area (Å²) in [7, 11) is 0. The standard InChI is InChI=1S/C16H17F4N3O2/c17-10-1-2-12-13(9-10)22-14(21-12)3-4-15(24)23-7-5-11(6-8-23)25-16(18,19)20/h1-2,9,11H,3-8H2,(H,21,22). The first kappa shape index (κ1) is 17.7. The number of ether oxygens (including phenoxy) is 1. The average molecular weight is 359 g/mol. The van der Waals surface area contributed by atoms with Crippen LogP contribution in [0.25, 0.3) is 11.0 Å².